The van der Waals surface area contributed by atoms with Crippen LogP contribution in [0, 0.1) is 0 Å². The third-order valence-electron chi connectivity index (χ3n) is 3.71. The van der Waals surface area contributed by atoms with E-state index in [-0.39, 0.29) is 0 Å². The fourth-order valence-corrected chi connectivity index (χ4v) is 2.57. The number of hydrogen-bond acceptors (Lipinski definition) is 6. The van der Waals surface area contributed by atoms with Gasteiger partial charge in [0.05, 0.1) is 11.9 Å². The van der Waals surface area contributed by atoms with E-state index in [2.05, 4.69) is 25.7 Å². The van der Waals surface area contributed by atoms with Crippen molar-refractivity contribution in [3.8, 4) is 16.9 Å². The van der Waals surface area contributed by atoms with Crippen LogP contribution in [0.15, 0.2) is 78.3 Å². The number of rotatable bonds is 5. The number of halogens is 1. The lowest BCUT2D eigenvalue weighted by molar-refractivity contribution is 0.884. The lowest BCUT2D eigenvalue weighted by Gasteiger charge is -2.00. The first-order chi connectivity index (χ1) is 13.3. The maximum absolute atomic E-state index is 5.73. The maximum Gasteiger partial charge on any atom is 0.168 e. The minimum Gasteiger partial charge on any atom is -0.264 e. The summed E-state index contributed by atoms with van der Waals surface area (Å²) in [4.78, 5) is 4.18. The fraction of sp³-hybridized carbons (Fsp3) is 0. The normalized spacial score (nSPS) is 11.0. The topological polar surface area (TPSA) is 80.9 Å². The predicted octanol–water partition coefficient (Wildman–Crippen LogP) is 3.82. The zero-order valence-electron chi connectivity index (χ0n) is 14.1. The Hall–Kier alpha value is -3.58. The molecule has 0 atom stereocenters. The van der Waals surface area contributed by atoms with Crippen molar-refractivity contribution >= 4 is 23.6 Å². The van der Waals surface area contributed by atoms with E-state index < -0.39 is 0 Å². The van der Waals surface area contributed by atoms with Gasteiger partial charge in [-0.25, -0.2) is 4.68 Å². The van der Waals surface area contributed by atoms with Gasteiger partial charge in [0.15, 0.2) is 11.0 Å². The molecule has 4 aromatic rings. The largest absolute Gasteiger partial charge is 0.264 e. The van der Waals surface area contributed by atoms with Crippen LogP contribution in [0.5, 0.6) is 0 Å². The van der Waals surface area contributed by atoms with E-state index in [1.165, 1.54) is 0 Å². The molecule has 3 aromatic heterocycles. The summed E-state index contributed by atoms with van der Waals surface area (Å²) in [6.07, 6.45) is 7.10. The van der Waals surface area contributed by atoms with E-state index in [0.29, 0.717) is 11.0 Å². The average molecular weight is 376 g/mol. The molecule has 4 rings (SSSR count). The van der Waals surface area contributed by atoms with E-state index >= 15 is 0 Å². The van der Waals surface area contributed by atoms with Gasteiger partial charge in [-0.15, -0.1) is 10.2 Å². The molecular weight excluding hydrogens is 362 g/mol. The summed E-state index contributed by atoms with van der Waals surface area (Å²) < 4.78 is 1.81. The lowest BCUT2D eigenvalue weighted by atomic mass is 10.1. The Morgan fingerprint density at radius 1 is 1.00 bits per heavy atom. The second kappa shape index (κ2) is 7.76. The number of nitrogens with zero attached hydrogens (tertiary/aromatic N) is 6. The summed E-state index contributed by atoms with van der Waals surface area (Å²) in [7, 11) is 0. The van der Waals surface area contributed by atoms with Gasteiger partial charge in [-0.3, -0.25) is 10.4 Å². The Balaban J connectivity index is 1.66. The number of benzene rings is 1. The molecule has 0 bridgehead atoms. The summed E-state index contributed by atoms with van der Waals surface area (Å²) in [6.45, 7) is 0. The second-order valence-corrected chi connectivity index (χ2v) is 5.95. The molecule has 0 radical (unpaired) electrons. The van der Waals surface area contributed by atoms with Gasteiger partial charge < -0.3 is 0 Å². The molecule has 0 aliphatic heterocycles. The highest BCUT2D eigenvalue weighted by Crippen LogP contribution is 2.21. The molecule has 1 aromatic carbocycles. The molecule has 0 saturated heterocycles. The van der Waals surface area contributed by atoms with Crippen LogP contribution in [0.2, 0.25) is 5.15 Å². The van der Waals surface area contributed by atoms with Crippen LogP contribution in [0.1, 0.15) is 5.56 Å². The lowest BCUT2D eigenvalue weighted by Crippen LogP contribution is -1.95. The minimum atomic E-state index is 0.326. The summed E-state index contributed by atoms with van der Waals surface area (Å²) in [5, 5.41) is 16.9. The van der Waals surface area contributed by atoms with Crippen LogP contribution in [0.3, 0.4) is 0 Å². The third-order valence-corrected chi connectivity index (χ3v) is 3.91. The van der Waals surface area contributed by atoms with Crippen LogP contribution in [0.4, 0.5) is 5.82 Å². The van der Waals surface area contributed by atoms with Gasteiger partial charge in [-0.1, -0.05) is 29.8 Å². The maximum atomic E-state index is 5.73. The van der Waals surface area contributed by atoms with Crippen LogP contribution < -0.4 is 5.43 Å². The number of pyridine rings is 1. The molecular formula is C19H14ClN7. The molecule has 0 spiro atoms. The highest BCUT2D eigenvalue weighted by Gasteiger charge is 2.11. The number of anilines is 1. The van der Waals surface area contributed by atoms with Crippen molar-refractivity contribution < 1.29 is 0 Å². The minimum absolute atomic E-state index is 0.326. The van der Waals surface area contributed by atoms with Gasteiger partial charge in [0, 0.05) is 29.7 Å². The monoisotopic (exact) mass is 375 g/mol. The van der Waals surface area contributed by atoms with Gasteiger partial charge >= 0.3 is 0 Å². The van der Waals surface area contributed by atoms with Gasteiger partial charge in [0.25, 0.3) is 0 Å². The number of hydrazone groups is 1. The highest BCUT2D eigenvalue weighted by molar-refractivity contribution is 6.29. The molecule has 132 valence electrons. The van der Waals surface area contributed by atoms with Crippen molar-refractivity contribution in [2.24, 2.45) is 5.10 Å². The fourth-order valence-electron chi connectivity index (χ4n) is 2.47. The molecule has 3 heterocycles. The molecule has 0 aliphatic carbocycles. The van der Waals surface area contributed by atoms with E-state index in [9.17, 15) is 0 Å². The molecule has 8 heteroatoms. The summed E-state index contributed by atoms with van der Waals surface area (Å²) >= 11 is 5.73. The summed E-state index contributed by atoms with van der Waals surface area (Å²) in [5.74, 6) is 0.494. The van der Waals surface area contributed by atoms with E-state index in [0.717, 1.165) is 22.5 Å². The molecule has 0 saturated carbocycles. The smallest absolute Gasteiger partial charge is 0.168 e. The van der Waals surface area contributed by atoms with Crippen molar-refractivity contribution in [2.75, 3.05) is 5.43 Å². The van der Waals surface area contributed by atoms with Crippen molar-refractivity contribution in [3.05, 3.63) is 83.9 Å². The standard InChI is InChI=1S/C19H14ClN7/c20-17-8-9-18(25-23-17)24-22-12-15-13-27(16-6-2-1-3-7-16)26-19(15)14-5-4-10-21-11-14/h1-13H,(H,24,25)/b22-12+. The van der Waals surface area contributed by atoms with E-state index in [4.69, 9.17) is 16.7 Å². The average Bonchev–Trinajstić information content (AvgIpc) is 3.15. The molecule has 0 aliphatic rings. The SMILES string of the molecule is Clc1ccc(N/N=C/c2cn(-c3ccccc3)nc2-c2cccnc2)nn1. The number of hydrogen-bond donors (Lipinski definition) is 1. The van der Waals surface area contributed by atoms with Gasteiger partial charge in [0.1, 0.15) is 5.69 Å². The van der Waals surface area contributed by atoms with Crippen molar-refractivity contribution in [3.63, 3.8) is 0 Å². The molecule has 0 unspecified atom stereocenters. The van der Waals surface area contributed by atoms with Crippen LogP contribution in [-0.4, -0.2) is 31.2 Å². The van der Waals surface area contributed by atoms with Crippen molar-refractivity contribution in [1.82, 2.24) is 25.0 Å². The second-order valence-electron chi connectivity index (χ2n) is 5.57. The van der Waals surface area contributed by atoms with Gasteiger partial charge in [-0.05, 0) is 36.4 Å². The molecule has 7 nitrogen and oxygen atoms in total. The van der Waals surface area contributed by atoms with Crippen LogP contribution >= 0.6 is 11.6 Å². The first-order valence-electron chi connectivity index (χ1n) is 8.13. The Labute approximate surface area is 160 Å². The number of aromatic nitrogens is 5. The Morgan fingerprint density at radius 2 is 1.89 bits per heavy atom. The highest BCUT2D eigenvalue weighted by atomic mass is 35.5. The zero-order chi connectivity index (χ0) is 18.5. The van der Waals surface area contributed by atoms with E-state index in [1.54, 1.807) is 30.7 Å². The number of para-hydroxylation sites is 1. The zero-order valence-corrected chi connectivity index (χ0v) is 14.8. The third kappa shape index (κ3) is 3.99. The first-order valence-corrected chi connectivity index (χ1v) is 8.51. The van der Waals surface area contributed by atoms with E-state index in [1.807, 2.05) is 53.3 Å². The first kappa shape index (κ1) is 16.9. The van der Waals surface area contributed by atoms with Crippen LogP contribution in [0.25, 0.3) is 16.9 Å². The Morgan fingerprint density at radius 3 is 2.63 bits per heavy atom. The number of nitrogens with one attached hydrogen (secondary N) is 1. The Kier molecular flexibility index (Phi) is 4.84. The quantitative estimate of drug-likeness (QED) is 0.423. The van der Waals surface area contributed by atoms with Crippen LogP contribution in [-0.2, 0) is 0 Å². The summed E-state index contributed by atoms with van der Waals surface area (Å²) in [5.41, 5.74) is 6.30. The summed E-state index contributed by atoms with van der Waals surface area (Å²) in [6, 6.07) is 17.0. The molecule has 1 N–H and O–H groups in total. The molecule has 27 heavy (non-hydrogen) atoms. The predicted molar refractivity (Wildman–Crippen MR) is 105 cm³/mol. The van der Waals surface area contributed by atoms with Gasteiger partial charge in [0.2, 0.25) is 0 Å². The van der Waals surface area contributed by atoms with Crippen molar-refractivity contribution in [2.45, 2.75) is 0 Å². The van der Waals surface area contributed by atoms with Gasteiger partial charge in [-0.2, -0.15) is 10.2 Å². The molecule has 0 amide bonds. The van der Waals surface area contributed by atoms with Crippen molar-refractivity contribution in [1.29, 1.82) is 0 Å². The molecule has 0 fully saturated rings. The Bertz CT molecular complexity index is 1040.